The summed E-state index contributed by atoms with van der Waals surface area (Å²) >= 11 is 0. The van der Waals surface area contributed by atoms with Gasteiger partial charge in [0.05, 0.1) is 22.4 Å². The van der Waals surface area contributed by atoms with Crippen molar-refractivity contribution in [2.24, 2.45) is 0 Å². The Balaban J connectivity index is 1.61. The van der Waals surface area contributed by atoms with Gasteiger partial charge in [-0.15, -0.1) is 0 Å². The van der Waals surface area contributed by atoms with E-state index in [0.29, 0.717) is 23.4 Å². The molecule has 0 aromatic heterocycles. The molecule has 4 rings (SSSR count). The average molecular weight is 459 g/mol. The van der Waals surface area contributed by atoms with Crippen LogP contribution in [-0.2, 0) is 14.8 Å². The molecule has 2 aromatic carbocycles. The van der Waals surface area contributed by atoms with Crippen LogP contribution < -0.4 is 20.3 Å². The van der Waals surface area contributed by atoms with E-state index in [-0.39, 0.29) is 16.9 Å². The van der Waals surface area contributed by atoms with Crippen LogP contribution in [0.15, 0.2) is 47.4 Å². The molecule has 9 heteroatoms. The van der Waals surface area contributed by atoms with Gasteiger partial charge in [0.2, 0.25) is 0 Å². The summed E-state index contributed by atoms with van der Waals surface area (Å²) in [5.74, 6) is -0.247. The van der Waals surface area contributed by atoms with Crippen molar-refractivity contribution in [3.05, 3.63) is 53.6 Å². The molecule has 0 radical (unpaired) electrons. The lowest BCUT2D eigenvalue weighted by Crippen LogP contribution is -2.43. The van der Waals surface area contributed by atoms with Gasteiger partial charge in [0.15, 0.2) is 0 Å². The molecule has 8 nitrogen and oxygen atoms in total. The van der Waals surface area contributed by atoms with Crippen LogP contribution in [0, 0.1) is 6.92 Å². The van der Waals surface area contributed by atoms with Crippen molar-refractivity contribution in [1.82, 2.24) is 10.6 Å². The number of ether oxygens (including phenoxy) is 1. The summed E-state index contributed by atoms with van der Waals surface area (Å²) in [6.45, 7) is 6.07. The van der Waals surface area contributed by atoms with Gasteiger partial charge in [-0.3, -0.25) is 9.52 Å². The van der Waals surface area contributed by atoms with Gasteiger partial charge < -0.3 is 20.3 Å². The molecule has 1 amide bonds. The number of nitrogens with one attached hydrogen (secondary N) is 3. The second kappa shape index (κ2) is 9.89. The van der Waals surface area contributed by atoms with Gasteiger partial charge in [-0.2, -0.15) is 0 Å². The lowest BCUT2D eigenvalue weighted by atomic mass is 10.1. The highest BCUT2D eigenvalue weighted by Crippen LogP contribution is 2.30. The molecule has 2 aromatic rings. The minimum atomic E-state index is -3.82. The molecule has 0 aliphatic carbocycles. The van der Waals surface area contributed by atoms with Gasteiger partial charge in [0, 0.05) is 44.9 Å². The van der Waals surface area contributed by atoms with Crippen LogP contribution in [0.2, 0.25) is 0 Å². The second-order valence-electron chi connectivity index (χ2n) is 8.19. The van der Waals surface area contributed by atoms with Crippen LogP contribution in [0.3, 0.4) is 0 Å². The zero-order valence-electron chi connectivity index (χ0n) is 18.3. The number of piperazine rings is 1. The van der Waals surface area contributed by atoms with E-state index in [0.717, 1.165) is 51.3 Å². The highest BCUT2D eigenvalue weighted by molar-refractivity contribution is 7.92. The van der Waals surface area contributed by atoms with E-state index in [1.54, 1.807) is 43.3 Å². The van der Waals surface area contributed by atoms with Crippen LogP contribution in [0.5, 0.6) is 0 Å². The standard InChI is InChI=1S/C23H30N4O4S/c1-17-5-2-3-7-22(17)32(29,30)26-20-15-18(23(28)25-16-19-6-4-14-31-19)8-9-21(20)27-12-10-24-11-13-27/h2-3,5,7-9,15,19,24,26H,4,6,10-14,16H2,1H3,(H,25,28)/t19-/m1/s1. The first-order valence-corrected chi connectivity index (χ1v) is 12.5. The third-order valence-electron chi connectivity index (χ3n) is 5.86. The SMILES string of the molecule is Cc1ccccc1S(=O)(=O)Nc1cc(C(=O)NC[C@H]2CCCO2)ccc1N1CCNCC1. The van der Waals surface area contributed by atoms with E-state index >= 15 is 0 Å². The quantitative estimate of drug-likeness (QED) is 0.588. The zero-order valence-corrected chi connectivity index (χ0v) is 19.1. The Hall–Kier alpha value is -2.62. The van der Waals surface area contributed by atoms with E-state index < -0.39 is 10.0 Å². The van der Waals surface area contributed by atoms with Gasteiger partial charge in [0.25, 0.3) is 15.9 Å². The molecule has 172 valence electrons. The van der Waals surface area contributed by atoms with E-state index in [2.05, 4.69) is 20.3 Å². The molecule has 32 heavy (non-hydrogen) atoms. The molecule has 2 aliphatic rings. The monoisotopic (exact) mass is 458 g/mol. The van der Waals surface area contributed by atoms with E-state index in [1.807, 2.05) is 6.07 Å². The Morgan fingerprint density at radius 1 is 1.19 bits per heavy atom. The fourth-order valence-electron chi connectivity index (χ4n) is 4.11. The molecule has 0 bridgehead atoms. The van der Waals surface area contributed by atoms with Crippen molar-refractivity contribution in [1.29, 1.82) is 0 Å². The summed E-state index contributed by atoms with van der Waals surface area (Å²) in [5, 5.41) is 6.21. The van der Waals surface area contributed by atoms with Crippen molar-refractivity contribution >= 4 is 27.3 Å². The van der Waals surface area contributed by atoms with Gasteiger partial charge >= 0.3 is 0 Å². The van der Waals surface area contributed by atoms with Crippen molar-refractivity contribution < 1.29 is 17.9 Å². The van der Waals surface area contributed by atoms with E-state index in [1.165, 1.54) is 0 Å². The van der Waals surface area contributed by atoms with Gasteiger partial charge in [-0.05, 0) is 49.6 Å². The highest BCUT2D eigenvalue weighted by atomic mass is 32.2. The molecule has 2 fully saturated rings. The summed E-state index contributed by atoms with van der Waals surface area (Å²) in [5.41, 5.74) is 2.23. The lowest BCUT2D eigenvalue weighted by molar-refractivity contribution is 0.0858. The molecule has 0 spiro atoms. The van der Waals surface area contributed by atoms with E-state index in [4.69, 9.17) is 4.74 Å². The number of anilines is 2. The topological polar surface area (TPSA) is 99.8 Å². The van der Waals surface area contributed by atoms with Gasteiger partial charge in [0.1, 0.15) is 0 Å². The minimum Gasteiger partial charge on any atom is -0.376 e. The predicted molar refractivity (Wildman–Crippen MR) is 125 cm³/mol. The molecule has 2 saturated heterocycles. The number of hydrogen-bond donors (Lipinski definition) is 3. The molecule has 1 atom stereocenters. The predicted octanol–water partition coefficient (Wildman–Crippen LogP) is 2.11. The van der Waals surface area contributed by atoms with Gasteiger partial charge in [-0.1, -0.05) is 18.2 Å². The summed E-state index contributed by atoms with van der Waals surface area (Å²) in [6.07, 6.45) is 1.98. The van der Waals surface area contributed by atoms with Crippen LogP contribution in [0.1, 0.15) is 28.8 Å². The smallest absolute Gasteiger partial charge is 0.262 e. The highest BCUT2D eigenvalue weighted by Gasteiger charge is 2.23. The van der Waals surface area contributed by atoms with Crippen LogP contribution in [-0.4, -0.2) is 59.8 Å². The van der Waals surface area contributed by atoms with Crippen molar-refractivity contribution in [3.8, 4) is 0 Å². The largest absolute Gasteiger partial charge is 0.376 e. The Morgan fingerprint density at radius 2 is 1.97 bits per heavy atom. The Bertz CT molecular complexity index is 1060. The number of rotatable bonds is 7. The minimum absolute atomic E-state index is 0.0399. The summed E-state index contributed by atoms with van der Waals surface area (Å²) in [4.78, 5) is 15.1. The number of nitrogens with zero attached hydrogens (tertiary/aromatic N) is 1. The molecule has 2 heterocycles. The fraction of sp³-hybridized carbons (Fsp3) is 0.435. The zero-order chi connectivity index (χ0) is 22.6. The molecule has 2 aliphatic heterocycles. The molecule has 3 N–H and O–H groups in total. The molecule has 0 unspecified atom stereocenters. The van der Waals surface area contributed by atoms with Crippen LogP contribution in [0.4, 0.5) is 11.4 Å². The van der Waals surface area contributed by atoms with Crippen molar-refractivity contribution in [3.63, 3.8) is 0 Å². The number of aryl methyl sites for hydroxylation is 1. The average Bonchev–Trinajstić information content (AvgIpc) is 3.32. The van der Waals surface area contributed by atoms with Gasteiger partial charge in [-0.25, -0.2) is 8.42 Å². The number of benzene rings is 2. The number of carbonyl (C=O) groups is 1. The third-order valence-corrected chi connectivity index (χ3v) is 7.38. The molecular formula is C23H30N4O4S. The first kappa shape index (κ1) is 22.6. The first-order valence-electron chi connectivity index (χ1n) is 11.0. The van der Waals surface area contributed by atoms with E-state index in [9.17, 15) is 13.2 Å². The van der Waals surface area contributed by atoms with Crippen molar-refractivity contribution in [2.75, 3.05) is 49.0 Å². The first-order chi connectivity index (χ1) is 15.4. The van der Waals surface area contributed by atoms with Crippen LogP contribution >= 0.6 is 0 Å². The maximum absolute atomic E-state index is 13.2. The number of sulfonamides is 1. The third kappa shape index (κ3) is 5.23. The lowest BCUT2D eigenvalue weighted by Gasteiger charge is -2.31. The molecular weight excluding hydrogens is 428 g/mol. The normalized spacial score (nSPS) is 19.0. The number of hydrogen-bond acceptors (Lipinski definition) is 6. The summed E-state index contributed by atoms with van der Waals surface area (Å²) < 4.78 is 34.7. The van der Waals surface area contributed by atoms with Crippen LogP contribution in [0.25, 0.3) is 0 Å². The Kier molecular flexibility index (Phi) is 6.98. The Labute approximate surface area is 189 Å². The fourth-order valence-corrected chi connectivity index (χ4v) is 5.42. The number of carbonyl (C=O) groups excluding carboxylic acids is 1. The summed E-state index contributed by atoms with van der Waals surface area (Å²) in [7, 11) is -3.82. The summed E-state index contributed by atoms with van der Waals surface area (Å²) in [6, 6.07) is 12.0. The second-order valence-corrected chi connectivity index (χ2v) is 9.84. The van der Waals surface area contributed by atoms with Crippen molar-refractivity contribution in [2.45, 2.75) is 30.8 Å². The Morgan fingerprint density at radius 3 is 2.69 bits per heavy atom. The number of amides is 1. The maximum Gasteiger partial charge on any atom is 0.262 e. The molecule has 0 saturated carbocycles. The maximum atomic E-state index is 13.2.